The molecule has 0 saturated heterocycles. The quantitative estimate of drug-likeness (QED) is 0.448. The van der Waals surface area contributed by atoms with Crippen molar-refractivity contribution in [1.29, 1.82) is 0 Å². The summed E-state index contributed by atoms with van der Waals surface area (Å²) < 4.78 is 5.83. The van der Waals surface area contributed by atoms with Crippen molar-refractivity contribution in [2.45, 2.75) is 100 Å². The van der Waals surface area contributed by atoms with Gasteiger partial charge in [0.15, 0.2) is 0 Å². The number of ether oxygens (including phenoxy) is 1. The summed E-state index contributed by atoms with van der Waals surface area (Å²) in [4.78, 5) is 20.8. The van der Waals surface area contributed by atoms with E-state index in [1.165, 1.54) is 6.42 Å². The van der Waals surface area contributed by atoms with Gasteiger partial charge in [-0.2, -0.15) is 0 Å². The van der Waals surface area contributed by atoms with Crippen LogP contribution in [0, 0.1) is 5.92 Å². The zero-order chi connectivity index (χ0) is 23.0. The zero-order valence-electron chi connectivity index (χ0n) is 20.5. The minimum absolute atomic E-state index is 0.0172. The Morgan fingerprint density at radius 2 is 1.61 bits per heavy atom. The maximum Gasteiger partial charge on any atom is 0.233 e. The lowest BCUT2D eigenvalue weighted by Gasteiger charge is -2.26. The first-order valence-corrected chi connectivity index (χ1v) is 10.9. The zero-order valence-corrected chi connectivity index (χ0v) is 20.5. The lowest BCUT2D eigenvalue weighted by Crippen LogP contribution is -2.35. The Balaban J connectivity index is -0.000000216. The number of carbonyl (C=O) groups excluding carboxylic acids is 2. The van der Waals surface area contributed by atoms with Crippen LogP contribution in [0.1, 0.15) is 94.4 Å². The van der Waals surface area contributed by atoms with Gasteiger partial charge in [-0.1, -0.05) is 54.9 Å². The van der Waals surface area contributed by atoms with Crippen molar-refractivity contribution in [3.63, 3.8) is 0 Å². The highest BCUT2D eigenvalue weighted by molar-refractivity contribution is 5.77. The molecule has 0 aromatic carbocycles. The van der Waals surface area contributed by atoms with E-state index in [1.807, 2.05) is 20.8 Å². The maximum atomic E-state index is 11.0. The number of hydrogen-bond donors (Lipinski definition) is 3. The van der Waals surface area contributed by atoms with Gasteiger partial charge in [0.25, 0.3) is 0 Å². The molecule has 28 heavy (non-hydrogen) atoms. The van der Waals surface area contributed by atoms with E-state index in [4.69, 9.17) is 10.5 Å². The van der Waals surface area contributed by atoms with E-state index in [0.29, 0.717) is 18.9 Å². The molecule has 0 aliphatic heterocycles. The highest BCUT2D eigenvalue weighted by Gasteiger charge is 2.17. The van der Waals surface area contributed by atoms with Gasteiger partial charge in [0.2, 0.25) is 11.8 Å². The van der Waals surface area contributed by atoms with Crippen LogP contribution in [0.3, 0.4) is 0 Å². The smallest absolute Gasteiger partial charge is 0.233 e. The summed E-state index contributed by atoms with van der Waals surface area (Å²) in [6.07, 6.45) is 4.62. The molecule has 0 rings (SSSR count). The molecule has 0 aliphatic rings. The molecular formula is C22H51N3O3. The summed E-state index contributed by atoms with van der Waals surface area (Å²) in [6.45, 7) is 20.7. The van der Waals surface area contributed by atoms with Crippen LogP contribution in [-0.4, -0.2) is 44.2 Å². The highest BCUT2D eigenvalue weighted by atomic mass is 16.5. The molecule has 0 aromatic heterocycles. The molecule has 0 aromatic rings. The number of primary amides is 1. The molecule has 172 valence electrons. The van der Waals surface area contributed by atoms with E-state index >= 15 is 0 Å². The number of nitrogens with two attached hydrogens (primary N) is 1. The normalized spacial score (nSPS) is 9.82. The Kier molecular flexibility index (Phi) is 31.7. The third-order valence-electron chi connectivity index (χ3n) is 3.15. The van der Waals surface area contributed by atoms with Crippen molar-refractivity contribution in [3.05, 3.63) is 0 Å². The largest absolute Gasteiger partial charge is 0.376 e. The molecule has 0 unspecified atom stereocenters. The van der Waals surface area contributed by atoms with Crippen LogP contribution < -0.4 is 16.4 Å². The summed E-state index contributed by atoms with van der Waals surface area (Å²) in [5.41, 5.74) is 4.64. The SMILES string of the molecule is CC.CCC.CCCC(N)=O.CNC(=O)CNCCC(C)(C)OCCC(C)C. The number of amides is 2. The van der Waals surface area contributed by atoms with Gasteiger partial charge in [-0.15, -0.1) is 0 Å². The van der Waals surface area contributed by atoms with E-state index < -0.39 is 0 Å². The first-order chi connectivity index (χ1) is 13.1. The molecule has 0 aliphatic carbocycles. The predicted molar refractivity (Wildman–Crippen MR) is 122 cm³/mol. The molecule has 0 radical (unpaired) electrons. The van der Waals surface area contributed by atoms with E-state index in [-0.39, 0.29) is 17.4 Å². The van der Waals surface area contributed by atoms with Crippen molar-refractivity contribution in [3.8, 4) is 0 Å². The average Bonchev–Trinajstić information content (AvgIpc) is 2.61. The molecule has 0 bridgehead atoms. The molecule has 6 nitrogen and oxygen atoms in total. The molecule has 0 spiro atoms. The van der Waals surface area contributed by atoms with E-state index in [0.717, 1.165) is 32.4 Å². The monoisotopic (exact) mass is 405 g/mol. The second kappa shape index (κ2) is 25.9. The predicted octanol–water partition coefficient (Wildman–Crippen LogP) is 4.27. The third-order valence-corrected chi connectivity index (χ3v) is 3.15. The minimum atomic E-state index is -0.211. The Labute approximate surface area is 175 Å². The van der Waals surface area contributed by atoms with Crippen molar-refractivity contribution in [2.24, 2.45) is 11.7 Å². The first-order valence-electron chi connectivity index (χ1n) is 10.9. The summed E-state index contributed by atoms with van der Waals surface area (Å²) in [5, 5.41) is 5.68. The summed E-state index contributed by atoms with van der Waals surface area (Å²) in [5.74, 6) is 0.484. The van der Waals surface area contributed by atoms with Crippen LogP contribution in [0.15, 0.2) is 0 Å². The molecule has 6 heteroatoms. The van der Waals surface area contributed by atoms with Crippen molar-refractivity contribution in [2.75, 3.05) is 26.7 Å². The maximum absolute atomic E-state index is 11.0. The van der Waals surface area contributed by atoms with Gasteiger partial charge in [-0.3, -0.25) is 9.59 Å². The Hall–Kier alpha value is -1.14. The molecular weight excluding hydrogens is 354 g/mol. The second-order valence-electron chi connectivity index (χ2n) is 7.31. The van der Waals surface area contributed by atoms with Crippen LogP contribution >= 0.6 is 0 Å². The Morgan fingerprint density at radius 1 is 1.11 bits per heavy atom. The number of likely N-dealkylation sites (N-methyl/N-ethyl adjacent to an activating group) is 1. The minimum Gasteiger partial charge on any atom is -0.376 e. The summed E-state index contributed by atoms with van der Waals surface area (Å²) in [6, 6.07) is 0. The Bertz CT molecular complexity index is 333. The van der Waals surface area contributed by atoms with Gasteiger partial charge >= 0.3 is 0 Å². The standard InChI is InChI=1S/C13H28N2O2.C4H9NO.C3H8.C2H6/c1-11(2)6-9-17-13(3,4)7-8-15-10-12(16)14-5;1-2-3-4(5)6;1-3-2;1-2/h11,15H,6-10H2,1-5H3,(H,14,16);2-3H2,1H3,(H2,5,6);3H2,1-2H3;1-2H3. The van der Waals surface area contributed by atoms with Gasteiger partial charge in [0.05, 0.1) is 12.1 Å². The van der Waals surface area contributed by atoms with Crippen LogP contribution in [0.5, 0.6) is 0 Å². The van der Waals surface area contributed by atoms with Gasteiger partial charge < -0.3 is 21.1 Å². The van der Waals surface area contributed by atoms with Crippen molar-refractivity contribution < 1.29 is 14.3 Å². The highest BCUT2D eigenvalue weighted by Crippen LogP contribution is 2.15. The van der Waals surface area contributed by atoms with Gasteiger partial charge in [0.1, 0.15) is 0 Å². The molecule has 0 atom stereocenters. The summed E-state index contributed by atoms with van der Waals surface area (Å²) in [7, 11) is 1.64. The first kappa shape index (κ1) is 34.4. The van der Waals surface area contributed by atoms with Gasteiger partial charge in [0, 0.05) is 20.1 Å². The molecule has 0 saturated carbocycles. The second-order valence-corrected chi connectivity index (χ2v) is 7.31. The topological polar surface area (TPSA) is 93.5 Å². The Morgan fingerprint density at radius 3 is 1.93 bits per heavy atom. The molecule has 0 heterocycles. The number of nitrogens with one attached hydrogen (secondary N) is 2. The number of hydrogen-bond acceptors (Lipinski definition) is 4. The van der Waals surface area contributed by atoms with Crippen LogP contribution in [-0.2, 0) is 14.3 Å². The molecule has 2 amide bonds. The van der Waals surface area contributed by atoms with Gasteiger partial charge in [-0.25, -0.2) is 0 Å². The van der Waals surface area contributed by atoms with E-state index in [1.54, 1.807) is 7.05 Å². The summed E-state index contributed by atoms with van der Waals surface area (Å²) >= 11 is 0. The third kappa shape index (κ3) is 39.8. The number of rotatable bonds is 11. The van der Waals surface area contributed by atoms with Crippen LogP contribution in [0.4, 0.5) is 0 Å². The fraction of sp³-hybridized carbons (Fsp3) is 0.909. The van der Waals surface area contributed by atoms with Crippen molar-refractivity contribution in [1.82, 2.24) is 10.6 Å². The fourth-order valence-corrected chi connectivity index (χ4v) is 1.57. The molecule has 0 fully saturated rings. The lowest BCUT2D eigenvalue weighted by atomic mass is 10.0. The average molecular weight is 406 g/mol. The fourth-order valence-electron chi connectivity index (χ4n) is 1.57. The van der Waals surface area contributed by atoms with E-state index in [9.17, 15) is 9.59 Å². The van der Waals surface area contributed by atoms with Gasteiger partial charge in [-0.05, 0) is 45.6 Å². The van der Waals surface area contributed by atoms with Crippen LogP contribution in [0.25, 0.3) is 0 Å². The lowest BCUT2D eigenvalue weighted by molar-refractivity contribution is -0.120. The number of carbonyl (C=O) groups is 2. The molecule has 4 N–H and O–H groups in total. The van der Waals surface area contributed by atoms with Crippen LogP contribution in [0.2, 0.25) is 0 Å². The van der Waals surface area contributed by atoms with Crippen molar-refractivity contribution >= 4 is 11.8 Å². The van der Waals surface area contributed by atoms with E-state index in [2.05, 4.69) is 52.2 Å².